The summed E-state index contributed by atoms with van der Waals surface area (Å²) in [7, 11) is 0. The van der Waals surface area contributed by atoms with Gasteiger partial charge < -0.3 is 19.8 Å². The summed E-state index contributed by atoms with van der Waals surface area (Å²) in [6, 6.07) is 10.6. The molecule has 6 nitrogen and oxygen atoms in total. The number of hydrogen-bond donors (Lipinski definition) is 3. The van der Waals surface area contributed by atoms with E-state index in [0.29, 0.717) is 22.8 Å². The van der Waals surface area contributed by atoms with Crippen molar-refractivity contribution in [2.24, 2.45) is 0 Å². The predicted octanol–water partition coefficient (Wildman–Crippen LogP) is 2.52. The molecule has 0 aliphatic heterocycles. The van der Waals surface area contributed by atoms with Gasteiger partial charge in [-0.25, -0.2) is 0 Å². The molecule has 0 amide bonds. The van der Waals surface area contributed by atoms with E-state index in [9.17, 15) is 15.3 Å². The summed E-state index contributed by atoms with van der Waals surface area (Å²) in [5, 5.41) is 31.8. The highest BCUT2D eigenvalue weighted by molar-refractivity contribution is 5.63. The van der Waals surface area contributed by atoms with Gasteiger partial charge in [-0.15, -0.1) is 0 Å². The van der Waals surface area contributed by atoms with Crippen molar-refractivity contribution >= 4 is 0 Å². The van der Waals surface area contributed by atoms with E-state index in [2.05, 4.69) is 10.1 Å². The monoisotopic (exact) mass is 270 g/mol. The fraction of sp³-hybridized carbons (Fsp3) is 0. The van der Waals surface area contributed by atoms with Crippen LogP contribution in [-0.2, 0) is 0 Å². The second-order valence-corrected chi connectivity index (χ2v) is 4.17. The lowest BCUT2D eigenvalue weighted by molar-refractivity contribution is 0.404. The van der Waals surface area contributed by atoms with E-state index in [1.807, 2.05) is 0 Å². The van der Waals surface area contributed by atoms with Crippen LogP contribution in [0.15, 0.2) is 47.0 Å². The van der Waals surface area contributed by atoms with E-state index in [0.717, 1.165) is 0 Å². The van der Waals surface area contributed by atoms with E-state index in [1.165, 1.54) is 24.3 Å². The van der Waals surface area contributed by atoms with Gasteiger partial charge in [0.25, 0.3) is 5.89 Å². The number of phenols is 3. The van der Waals surface area contributed by atoms with Crippen LogP contribution in [0.3, 0.4) is 0 Å². The van der Waals surface area contributed by atoms with Gasteiger partial charge in [0.15, 0.2) is 11.5 Å². The molecule has 0 unspecified atom stereocenters. The Hall–Kier alpha value is -3.02. The smallest absolute Gasteiger partial charge is 0.258 e. The van der Waals surface area contributed by atoms with Crippen LogP contribution in [0.2, 0.25) is 0 Å². The molecule has 0 aliphatic carbocycles. The average molecular weight is 270 g/mol. The van der Waals surface area contributed by atoms with Crippen molar-refractivity contribution in [2.75, 3.05) is 0 Å². The molecule has 6 heteroatoms. The number of phenolic OH excluding ortho intramolecular Hbond substituents is 3. The largest absolute Gasteiger partial charge is 0.508 e. The van der Waals surface area contributed by atoms with Crippen LogP contribution >= 0.6 is 0 Å². The van der Waals surface area contributed by atoms with Crippen LogP contribution in [0, 0.1) is 0 Å². The highest BCUT2D eigenvalue weighted by atomic mass is 16.5. The molecule has 3 aromatic rings. The molecule has 20 heavy (non-hydrogen) atoms. The van der Waals surface area contributed by atoms with E-state index < -0.39 is 0 Å². The topological polar surface area (TPSA) is 99.6 Å². The highest BCUT2D eigenvalue weighted by Crippen LogP contribution is 2.30. The first kappa shape index (κ1) is 12.0. The number of hydrogen-bond acceptors (Lipinski definition) is 6. The molecular weight excluding hydrogens is 260 g/mol. The van der Waals surface area contributed by atoms with Crippen molar-refractivity contribution in [3.05, 3.63) is 42.5 Å². The van der Waals surface area contributed by atoms with Crippen LogP contribution in [0.1, 0.15) is 0 Å². The van der Waals surface area contributed by atoms with Gasteiger partial charge in [-0.1, -0.05) is 5.16 Å². The first-order valence-electron chi connectivity index (χ1n) is 5.79. The molecule has 0 saturated heterocycles. The van der Waals surface area contributed by atoms with Gasteiger partial charge in [-0.05, 0) is 42.5 Å². The standard InChI is InChI=1S/C14H10N2O4/c17-10-4-1-8(2-5-10)14-15-13(16-20-14)9-3-6-11(18)12(19)7-9/h1-7,17-19H. The lowest BCUT2D eigenvalue weighted by Crippen LogP contribution is -1.81. The van der Waals surface area contributed by atoms with Crippen LogP contribution in [0.5, 0.6) is 17.2 Å². The van der Waals surface area contributed by atoms with E-state index in [4.69, 9.17) is 4.52 Å². The lowest BCUT2D eigenvalue weighted by Gasteiger charge is -1.98. The summed E-state index contributed by atoms with van der Waals surface area (Å²) in [5.41, 5.74) is 1.19. The first-order valence-corrected chi connectivity index (χ1v) is 5.79. The van der Waals surface area contributed by atoms with Gasteiger partial charge in [-0.3, -0.25) is 0 Å². The van der Waals surface area contributed by atoms with Crippen molar-refractivity contribution in [1.29, 1.82) is 0 Å². The van der Waals surface area contributed by atoms with Gasteiger partial charge in [0.05, 0.1) is 0 Å². The molecule has 0 saturated carbocycles. The van der Waals surface area contributed by atoms with Gasteiger partial charge >= 0.3 is 0 Å². The number of benzene rings is 2. The molecule has 1 heterocycles. The zero-order chi connectivity index (χ0) is 14.1. The molecule has 1 aromatic heterocycles. The van der Waals surface area contributed by atoms with Crippen molar-refractivity contribution in [1.82, 2.24) is 10.1 Å². The number of nitrogens with zero attached hydrogens (tertiary/aromatic N) is 2. The summed E-state index contributed by atoms with van der Waals surface area (Å²) in [6.07, 6.45) is 0. The Morgan fingerprint density at radius 2 is 1.50 bits per heavy atom. The van der Waals surface area contributed by atoms with Gasteiger partial charge in [0, 0.05) is 11.1 Å². The number of rotatable bonds is 2. The molecule has 0 radical (unpaired) electrons. The maximum absolute atomic E-state index is 9.45. The Labute approximate surface area is 113 Å². The molecule has 100 valence electrons. The minimum Gasteiger partial charge on any atom is -0.508 e. The fourth-order valence-corrected chi connectivity index (χ4v) is 1.72. The van der Waals surface area contributed by atoms with Gasteiger partial charge in [0.2, 0.25) is 5.82 Å². The first-order chi connectivity index (χ1) is 9.63. The summed E-state index contributed by atoms with van der Waals surface area (Å²) in [5.74, 6) is 0.280. The molecule has 2 aromatic carbocycles. The predicted molar refractivity (Wildman–Crippen MR) is 70.2 cm³/mol. The third-order valence-electron chi connectivity index (χ3n) is 2.77. The Balaban J connectivity index is 1.97. The number of aromatic nitrogens is 2. The molecule has 0 atom stereocenters. The summed E-state index contributed by atoms with van der Waals surface area (Å²) in [6.45, 7) is 0. The normalized spacial score (nSPS) is 10.6. The Kier molecular flexibility index (Phi) is 2.76. The van der Waals surface area contributed by atoms with Crippen LogP contribution < -0.4 is 0 Å². The van der Waals surface area contributed by atoms with Crippen molar-refractivity contribution in [3.8, 4) is 40.1 Å². The Morgan fingerprint density at radius 3 is 2.20 bits per heavy atom. The van der Waals surface area contributed by atoms with E-state index in [-0.39, 0.29) is 17.2 Å². The summed E-state index contributed by atoms with van der Waals surface area (Å²) in [4.78, 5) is 4.20. The lowest BCUT2D eigenvalue weighted by atomic mass is 10.2. The van der Waals surface area contributed by atoms with Gasteiger partial charge in [-0.2, -0.15) is 4.98 Å². The van der Waals surface area contributed by atoms with Crippen molar-refractivity contribution in [2.45, 2.75) is 0 Å². The van der Waals surface area contributed by atoms with Crippen LogP contribution in [0.25, 0.3) is 22.8 Å². The summed E-state index contributed by atoms with van der Waals surface area (Å²) < 4.78 is 5.13. The Bertz CT molecular complexity index is 750. The minimum absolute atomic E-state index is 0.150. The fourth-order valence-electron chi connectivity index (χ4n) is 1.72. The zero-order valence-electron chi connectivity index (χ0n) is 10.2. The van der Waals surface area contributed by atoms with Crippen molar-refractivity contribution < 1.29 is 19.8 Å². The second kappa shape index (κ2) is 4.58. The van der Waals surface area contributed by atoms with Gasteiger partial charge in [0.1, 0.15) is 5.75 Å². The van der Waals surface area contributed by atoms with E-state index >= 15 is 0 Å². The maximum Gasteiger partial charge on any atom is 0.258 e. The maximum atomic E-state index is 9.45. The average Bonchev–Trinajstić information content (AvgIpc) is 2.92. The van der Waals surface area contributed by atoms with E-state index in [1.54, 1.807) is 18.2 Å². The quantitative estimate of drug-likeness (QED) is 0.619. The summed E-state index contributed by atoms with van der Waals surface area (Å²) >= 11 is 0. The highest BCUT2D eigenvalue weighted by Gasteiger charge is 2.12. The van der Waals surface area contributed by atoms with Crippen LogP contribution in [-0.4, -0.2) is 25.5 Å². The van der Waals surface area contributed by atoms with Crippen LogP contribution in [0.4, 0.5) is 0 Å². The molecule has 0 spiro atoms. The third kappa shape index (κ3) is 2.14. The minimum atomic E-state index is -0.251. The zero-order valence-corrected chi connectivity index (χ0v) is 10.2. The molecule has 3 rings (SSSR count). The second-order valence-electron chi connectivity index (χ2n) is 4.17. The SMILES string of the molecule is Oc1ccc(-c2nc(-c3ccc(O)c(O)c3)no2)cc1. The Morgan fingerprint density at radius 1 is 0.800 bits per heavy atom. The molecule has 3 N–H and O–H groups in total. The molecule has 0 bridgehead atoms. The van der Waals surface area contributed by atoms with Crippen molar-refractivity contribution in [3.63, 3.8) is 0 Å². The molecule has 0 aliphatic rings. The molecular formula is C14H10N2O4. The number of aromatic hydroxyl groups is 3. The third-order valence-corrected chi connectivity index (χ3v) is 2.77. The molecule has 0 fully saturated rings.